The van der Waals surface area contributed by atoms with Gasteiger partial charge < -0.3 is 35.2 Å². The summed E-state index contributed by atoms with van der Waals surface area (Å²) >= 11 is 0. The minimum Gasteiger partial charge on any atom is -0.449 e. The maximum Gasteiger partial charge on any atom is 0.409 e. The molecule has 5 N–H and O–H groups in total. The molecule has 0 unspecified atom stereocenters. The summed E-state index contributed by atoms with van der Waals surface area (Å²) in [7, 11) is 0. The highest BCUT2D eigenvalue weighted by atomic mass is 16.6. The fraction of sp³-hybridized carbons (Fsp3) is 0.933. The number of rotatable bonds is 12. The van der Waals surface area contributed by atoms with Gasteiger partial charge in [-0.25, -0.2) is 4.79 Å². The van der Waals surface area contributed by atoms with Crippen LogP contribution >= 0.6 is 0 Å². The summed E-state index contributed by atoms with van der Waals surface area (Å²) < 4.78 is 5.09. The summed E-state index contributed by atoms with van der Waals surface area (Å²) in [6.07, 6.45) is -3.15. The first-order valence-electron chi connectivity index (χ1n) is 8.13. The van der Waals surface area contributed by atoms with Crippen molar-refractivity contribution >= 4 is 6.09 Å². The molecular formula is C15H31NO7. The second-order valence-electron chi connectivity index (χ2n) is 5.51. The molecule has 0 rings (SSSR count). The number of aliphatic hydroxyl groups excluding tert-OH is 5. The van der Waals surface area contributed by atoms with Gasteiger partial charge in [-0.15, -0.1) is 0 Å². The second kappa shape index (κ2) is 12.5. The molecule has 0 saturated heterocycles. The van der Waals surface area contributed by atoms with E-state index in [0.717, 1.165) is 25.7 Å². The number of hydrogen-bond acceptors (Lipinski definition) is 7. The van der Waals surface area contributed by atoms with Crippen LogP contribution in [0.25, 0.3) is 0 Å². The first kappa shape index (κ1) is 22.1. The Morgan fingerprint density at radius 1 is 1.00 bits per heavy atom. The summed E-state index contributed by atoms with van der Waals surface area (Å²) in [5.41, 5.74) is 0. The van der Waals surface area contributed by atoms with E-state index in [1.54, 1.807) is 6.92 Å². The lowest BCUT2D eigenvalue weighted by atomic mass is 10.0. The Kier molecular flexibility index (Phi) is 12.0. The number of hydrogen-bond donors (Lipinski definition) is 5. The van der Waals surface area contributed by atoms with Gasteiger partial charge in [0.2, 0.25) is 0 Å². The highest BCUT2D eigenvalue weighted by Crippen LogP contribution is 2.08. The summed E-state index contributed by atoms with van der Waals surface area (Å²) in [6.45, 7) is 3.33. The Bertz CT molecular complexity index is 316. The Morgan fingerprint density at radius 2 is 1.61 bits per heavy atom. The molecule has 0 aliphatic heterocycles. The molecule has 0 aliphatic carbocycles. The fourth-order valence-corrected chi connectivity index (χ4v) is 2.01. The van der Waals surface area contributed by atoms with E-state index in [-0.39, 0.29) is 13.1 Å². The van der Waals surface area contributed by atoms with Crippen molar-refractivity contribution in [1.29, 1.82) is 0 Å². The van der Waals surface area contributed by atoms with Crippen LogP contribution in [0.5, 0.6) is 0 Å². The number of aliphatic hydroxyl groups is 5. The van der Waals surface area contributed by atoms with E-state index in [2.05, 4.69) is 6.92 Å². The lowest BCUT2D eigenvalue weighted by Crippen LogP contribution is -2.50. The number of ether oxygens (including phenoxy) is 1. The average molecular weight is 337 g/mol. The van der Waals surface area contributed by atoms with Crippen LogP contribution in [-0.2, 0) is 4.74 Å². The van der Waals surface area contributed by atoms with Gasteiger partial charge in [0.15, 0.2) is 0 Å². The summed E-state index contributed by atoms with van der Waals surface area (Å²) in [5.74, 6) is 0. The van der Waals surface area contributed by atoms with Crippen LogP contribution in [-0.4, -0.2) is 87.2 Å². The number of nitrogens with zero attached hydrogens (tertiary/aromatic N) is 1. The van der Waals surface area contributed by atoms with Crippen molar-refractivity contribution in [1.82, 2.24) is 4.90 Å². The van der Waals surface area contributed by atoms with Gasteiger partial charge in [0, 0.05) is 6.54 Å². The van der Waals surface area contributed by atoms with Gasteiger partial charge in [0.05, 0.1) is 19.8 Å². The van der Waals surface area contributed by atoms with Crippen LogP contribution in [0, 0.1) is 0 Å². The van der Waals surface area contributed by atoms with Crippen molar-refractivity contribution < 1.29 is 35.1 Å². The summed E-state index contributed by atoms with van der Waals surface area (Å²) in [6, 6.07) is 0. The molecule has 0 heterocycles. The second-order valence-corrected chi connectivity index (χ2v) is 5.51. The molecule has 1 amide bonds. The Balaban J connectivity index is 4.31. The molecule has 0 radical (unpaired) electrons. The van der Waals surface area contributed by atoms with Crippen LogP contribution in [0.1, 0.15) is 39.5 Å². The van der Waals surface area contributed by atoms with Gasteiger partial charge in [-0.2, -0.15) is 0 Å². The van der Waals surface area contributed by atoms with Crippen molar-refractivity contribution in [3.63, 3.8) is 0 Å². The number of likely N-dealkylation sites (N-methyl/N-ethyl adjacent to an activating group) is 1. The zero-order valence-corrected chi connectivity index (χ0v) is 14.0. The Hall–Kier alpha value is -0.930. The third kappa shape index (κ3) is 8.47. The van der Waals surface area contributed by atoms with Gasteiger partial charge in [-0.3, -0.25) is 0 Å². The van der Waals surface area contributed by atoms with Gasteiger partial charge in [-0.1, -0.05) is 26.2 Å². The largest absolute Gasteiger partial charge is 0.449 e. The zero-order chi connectivity index (χ0) is 17.8. The van der Waals surface area contributed by atoms with Crippen molar-refractivity contribution in [2.45, 2.75) is 63.9 Å². The first-order chi connectivity index (χ1) is 10.9. The molecule has 0 saturated carbocycles. The average Bonchev–Trinajstić information content (AvgIpc) is 2.56. The van der Waals surface area contributed by atoms with Gasteiger partial charge >= 0.3 is 6.09 Å². The van der Waals surface area contributed by atoms with Crippen molar-refractivity contribution in [3.8, 4) is 0 Å². The highest BCUT2D eigenvalue weighted by Gasteiger charge is 2.31. The Labute approximate surface area is 137 Å². The zero-order valence-electron chi connectivity index (χ0n) is 14.0. The third-order valence-electron chi connectivity index (χ3n) is 3.60. The van der Waals surface area contributed by atoms with E-state index in [0.29, 0.717) is 6.61 Å². The summed E-state index contributed by atoms with van der Waals surface area (Å²) in [4.78, 5) is 13.1. The van der Waals surface area contributed by atoms with Crippen molar-refractivity contribution in [3.05, 3.63) is 0 Å². The minimum atomic E-state index is -1.71. The topological polar surface area (TPSA) is 131 Å². The molecule has 23 heavy (non-hydrogen) atoms. The van der Waals surface area contributed by atoms with E-state index >= 15 is 0 Å². The molecular weight excluding hydrogens is 306 g/mol. The SMILES string of the molecule is CCCCCCOC(=O)N(CC)C[C@H](O)[C@@H](O)[C@H](O)[C@H](O)CO. The normalized spacial score (nSPS) is 16.5. The molecule has 0 aromatic carbocycles. The van der Waals surface area contributed by atoms with Crippen molar-refractivity contribution in [2.75, 3.05) is 26.3 Å². The standard InChI is InChI=1S/C15H31NO7/c1-3-5-6-7-8-23-15(22)16(4-2)9-11(18)13(20)14(21)12(19)10-17/h11-14,17-21H,3-10H2,1-2H3/t11-,12+,13+,14+/m0/s1. The number of carbonyl (C=O) groups is 1. The lowest BCUT2D eigenvalue weighted by molar-refractivity contribution is -0.118. The monoisotopic (exact) mass is 337 g/mol. The molecule has 0 aliphatic rings. The number of amides is 1. The lowest BCUT2D eigenvalue weighted by Gasteiger charge is -2.29. The molecule has 0 spiro atoms. The Morgan fingerprint density at radius 3 is 2.13 bits per heavy atom. The van der Waals surface area contributed by atoms with E-state index in [1.165, 1.54) is 4.90 Å². The highest BCUT2D eigenvalue weighted by molar-refractivity contribution is 5.67. The van der Waals surface area contributed by atoms with Gasteiger partial charge in [0.25, 0.3) is 0 Å². The molecule has 0 aromatic heterocycles. The quantitative estimate of drug-likeness (QED) is 0.302. The van der Waals surface area contributed by atoms with Crippen LogP contribution in [0.3, 0.4) is 0 Å². The fourth-order valence-electron chi connectivity index (χ4n) is 2.01. The van der Waals surface area contributed by atoms with Gasteiger partial charge in [0.1, 0.15) is 24.4 Å². The molecule has 8 nitrogen and oxygen atoms in total. The van der Waals surface area contributed by atoms with Crippen LogP contribution in [0.4, 0.5) is 4.79 Å². The third-order valence-corrected chi connectivity index (χ3v) is 3.60. The van der Waals surface area contributed by atoms with Crippen LogP contribution in [0.2, 0.25) is 0 Å². The predicted octanol–water partition coefficient (Wildman–Crippen LogP) is -0.539. The van der Waals surface area contributed by atoms with Crippen LogP contribution in [0.15, 0.2) is 0 Å². The number of carbonyl (C=O) groups excluding carboxylic acids is 1. The van der Waals surface area contributed by atoms with Crippen molar-refractivity contribution in [2.24, 2.45) is 0 Å². The van der Waals surface area contributed by atoms with E-state index in [9.17, 15) is 25.2 Å². The minimum absolute atomic E-state index is 0.249. The maximum absolute atomic E-state index is 11.9. The van der Waals surface area contributed by atoms with E-state index in [1.807, 2.05) is 0 Å². The molecule has 0 fully saturated rings. The van der Waals surface area contributed by atoms with E-state index < -0.39 is 37.1 Å². The smallest absolute Gasteiger partial charge is 0.409 e. The molecule has 4 atom stereocenters. The molecule has 8 heteroatoms. The van der Waals surface area contributed by atoms with Gasteiger partial charge in [-0.05, 0) is 13.3 Å². The first-order valence-corrected chi connectivity index (χ1v) is 8.13. The van der Waals surface area contributed by atoms with E-state index in [4.69, 9.17) is 9.84 Å². The number of unbranched alkanes of at least 4 members (excludes halogenated alkanes) is 3. The molecule has 0 aromatic rings. The molecule has 138 valence electrons. The predicted molar refractivity (Wildman–Crippen MR) is 83.9 cm³/mol. The maximum atomic E-state index is 11.9. The van der Waals surface area contributed by atoms with Crippen LogP contribution < -0.4 is 0 Å². The molecule has 0 bridgehead atoms. The summed E-state index contributed by atoms with van der Waals surface area (Å²) in [5, 5.41) is 47.1.